The summed E-state index contributed by atoms with van der Waals surface area (Å²) >= 11 is 6.00. The molecule has 3 N–H and O–H groups in total. The van der Waals surface area contributed by atoms with E-state index in [1.165, 1.54) is 12.3 Å². The summed E-state index contributed by atoms with van der Waals surface area (Å²) in [5.74, 6) is -3.09. The molecule has 10 heteroatoms. The number of nitrogens with zero attached hydrogens (tertiary/aromatic N) is 2. The van der Waals surface area contributed by atoms with Gasteiger partial charge in [-0.15, -0.1) is 0 Å². The molecular weight excluding hydrogens is 392 g/mol. The second kappa shape index (κ2) is 8.57. The third kappa shape index (κ3) is 4.89. The van der Waals surface area contributed by atoms with Crippen molar-refractivity contribution in [3.05, 3.63) is 64.7 Å². The van der Waals surface area contributed by atoms with Crippen LogP contribution in [0.25, 0.3) is 0 Å². The van der Waals surface area contributed by atoms with Crippen LogP contribution in [0, 0.1) is 11.6 Å². The number of nitrogens with one attached hydrogen (secondary N) is 3. The Labute approximate surface area is 163 Å². The van der Waals surface area contributed by atoms with Crippen LogP contribution in [0.3, 0.4) is 0 Å². The maximum atomic E-state index is 13.2. The molecule has 2 aromatic carbocycles. The molecule has 0 aromatic heterocycles. The van der Waals surface area contributed by atoms with Crippen LogP contribution in [0.4, 0.5) is 14.5 Å². The second-order valence-electron chi connectivity index (χ2n) is 5.76. The minimum atomic E-state index is -1.09. The number of hydrazone groups is 1. The minimum absolute atomic E-state index is 0.0778. The van der Waals surface area contributed by atoms with Gasteiger partial charge in [0, 0.05) is 22.3 Å². The fourth-order valence-corrected chi connectivity index (χ4v) is 2.53. The van der Waals surface area contributed by atoms with E-state index in [1.807, 2.05) is 0 Å². The molecule has 28 heavy (non-hydrogen) atoms. The van der Waals surface area contributed by atoms with E-state index in [0.29, 0.717) is 10.6 Å². The monoisotopic (exact) mass is 405 g/mol. The van der Waals surface area contributed by atoms with E-state index in [-0.39, 0.29) is 18.1 Å². The van der Waals surface area contributed by atoms with Gasteiger partial charge in [0.2, 0.25) is 11.9 Å². The summed E-state index contributed by atoms with van der Waals surface area (Å²) in [6.45, 7) is 0. The van der Waals surface area contributed by atoms with Gasteiger partial charge in [-0.2, -0.15) is 5.10 Å². The lowest BCUT2D eigenvalue weighted by atomic mass is 10.2. The largest absolute Gasteiger partial charge is 0.326 e. The molecule has 0 radical (unpaired) electrons. The van der Waals surface area contributed by atoms with Crippen molar-refractivity contribution in [3.8, 4) is 0 Å². The zero-order chi connectivity index (χ0) is 20.1. The van der Waals surface area contributed by atoms with Crippen molar-refractivity contribution >= 4 is 41.3 Å². The smallest absolute Gasteiger partial charge is 0.252 e. The summed E-state index contributed by atoms with van der Waals surface area (Å²) in [7, 11) is 0. The first-order chi connectivity index (χ1) is 13.4. The molecule has 1 heterocycles. The minimum Gasteiger partial charge on any atom is -0.326 e. The highest BCUT2D eigenvalue weighted by atomic mass is 35.5. The Morgan fingerprint density at radius 2 is 2.04 bits per heavy atom. The number of carbonyl (C=O) groups excluding carboxylic acids is 2. The maximum absolute atomic E-state index is 13.2. The molecule has 1 unspecified atom stereocenters. The molecule has 7 nitrogen and oxygen atoms in total. The highest BCUT2D eigenvalue weighted by Crippen LogP contribution is 2.15. The number of hydrogen-bond acceptors (Lipinski definition) is 5. The Morgan fingerprint density at radius 3 is 2.79 bits per heavy atom. The summed E-state index contributed by atoms with van der Waals surface area (Å²) in [4.78, 5) is 28.0. The van der Waals surface area contributed by atoms with Gasteiger partial charge in [0.25, 0.3) is 5.91 Å². The van der Waals surface area contributed by atoms with Crippen LogP contribution in [0.5, 0.6) is 0 Å². The van der Waals surface area contributed by atoms with Crippen molar-refractivity contribution in [2.45, 2.75) is 12.5 Å². The topological polar surface area (TPSA) is 94.9 Å². The van der Waals surface area contributed by atoms with Crippen LogP contribution in [0.1, 0.15) is 12.0 Å². The number of rotatable bonds is 5. The van der Waals surface area contributed by atoms with Gasteiger partial charge in [-0.3, -0.25) is 14.9 Å². The predicted octanol–water partition coefficient (Wildman–Crippen LogP) is 2.42. The fraction of sp³-hybridized carbons (Fsp3) is 0.111. The van der Waals surface area contributed by atoms with Crippen LogP contribution in [0.2, 0.25) is 5.02 Å². The van der Waals surface area contributed by atoms with E-state index in [9.17, 15) is 18.4 Å². The van der Waals surface area contributed by atoms with Crippen molar-refractivity contribution in [1.29, 1.82) is 0 Å². The number of anilines is 1. The van der Waals surface area contributed by atoms with Gasteiger partial charge >= 0.3 is 0 Å². The van der Waals surface area contributed by atoms with Gasteiger partial charge in [0.05, 0.1) is 12.6 Å². The zero-order valence-corrected chi connectivity index (χ0v) is 15.0. The zero-order valence-electron chi connectivity index (χ0n) is 14.2. The van der Waals surface area contributed by atoms with E-state index < -0.39 is 29.5 Å². The molecule has 2 amide bonds. The third-order valence-corrected chi connectivity index (χ3v) is 4.03. The van der Waals surface area contributed by atoms with E-state index >= 15 is 0 Å². The van der Waals surface area contributed by atoms with Crippen molar-refractivity contribution in [1.82, 2.24) is 10.7 Å². The summed E-state index contributed by atoms with van der Waals surface area (Å²) in [5, 5.41) is 9.28. The number of carbonyl (C=O) groups is 2. The molecule has 0 aliphatic carbocycles. The van der Waals surface area contributed by atoms with E-state index in [2.05, 4.69) is 26.2 Å². The first kappa shape index (κ1) is 19.4. The molecule has 0 saturated carbocycles. The first-order valence-electron chi connectivity index (χ1n) is 8.09. The van der Waals surface area contributed by atoms with Crippen LogP contribution >= 0.6 is 11.6 Å². The molecule has 0 spiro atoms. The van der Waals surface area contributed by atoms with E-state index in [4.69, 9.17) is 11.6 Å². The number of benzene rings is 2. The van der Waals surface area contributed by atoms with Crippen LogP contribution < -0.4 is 16.1 Å². The Bertz CT molecular complexity index is 980. The van der Waals surface area contributed by atoms with Gasteiger partial charge in [-0.05, 0) is 18.2 Å². The highest BCUT2D eigenvalue weighted by Gasteiger charge is 2.28. The third-order valence-electron chi connectivity index (χ3n) is 3.69. The van der Waals surface area contributed by atoms with Gasteiger partial charge < -0.3 is 5.32 Å². The van der Waals surface area contributed by atoms with Crippen molar-refractivity contribution < 1.29 is 18.4 Å². The average Bonchev–Trinajstić information content (AvgIpc) is 2.99. The summed E-state index contributed by atoms with van der Waals surface area (Å²) < 4.78 is 26.1. The molecule has 3 rings (SSSR count). The average molecular weight is 406 g/mol. The first-order valence-corrected chi connectivity index (χ1v) is 8.47. The molecule has 0 bridgehead atoms. The normalized spacial score (nSPS) is 16.0. The highest BCUT2D eigenvalue weighted by molar-refractivity contribution is 6.33. The molecule has 2 aromatic rings. The van der Waals surface area contributed by atoms with Gasteiger partial charge in [0.15, 0.2) is 11.6 Å². The summed E-state index contributed by atoms with van der Waals surface area (Å²) in [6.07, 6.45) is 1.18. The molecule has 1 aliphatic rings. The van der Waals surface area contributed by atoms with Crippen LogP contribution in [0.15, 0.2) is 52.6 Å². The van der Waals surface area contributed by atoms with Crippen molar-refractivity contribution in [3.63, 3.8) is 0 Å². The number of aliphatic imine (C=N–C) groups is 1. The SMILES string of the molecule is O=C(CC1N=C(N/N=C/c2ccccc2Cl)NC1=O)Nc1ccc(F)c(F)c1. The molecule has 0 saturated heterocycles. The molecule has 1 aliphatic heterocycles. The van der Waals surface area contributed by atoms with Gasteiger partial charge in [-0.1, -0.05) is 29.8 Å². The van der Waals surface area contributed by atoms with Gasteiger partial charge in [0.1, 0.15) is 6.04 Å². The Kier molecular flexibility index (Phi) is 5.95. The summed E-state index contributed by atoms with van der Waals surface area (Å²) in [5.41, 5.74) is 3.31. The molecule has 0 fully saturated rings. The molecular formula is C18H14ClF2N5O2. The standard InChI is InChI=1S/C18H14ClF2N5O2/c19-12-4-2-1-3-10(12)9-22-26-18-24-15(17(28)25-18)8-16(27)23-11-5-6-13(20)14(21)7-11/h1-7,9,15H,8H2,(H,23,27)(H2,24,25,26,28)/b22-9+. The fourth-order valence-electron chi connectivity index (χ4n) is 2.35. The predicted molar refractivity (Wildman–Crippen MR) is 101 cm³/mol. The Morgan fingerprint density at radius 1 is 1.25 bits per heavy atom. The lowest BCUT2D eigenvalue weighted by Crippen LogP contribution is -2.35. The number of halogens is 3. The summed E-state index contributed by atoms with van der Waals surface area (Å²) in [6, 6.07) is 9.03. The van der Waals surface area contributed by atoms with Crippen LogP contribution in [-0.2, 0) is 9.59 Å². The number of guanidine groups is 1. The second-order valence-corrected chi connectivity index (χ2v) is 6.16. The number of amides is 2. The molecule has 1 atom stereocenters. The lowest BCUT2D eigenvalue weighted by Gasteiger charge is -2.07. The number of hydrogen-bond donors (Lipinski definition) is 3. The molecule has 144 valence electrons. The quantitative estimate of drug-likeness (QED) is 0.526. The van der Waals surface area contributed by atoms with Crippen LogP contribution in [-0.4, -0.2) is 30.0 Å². The van der Waals surface area contributed by atoms with E-state index in [1.54, 1.807) is 24.3 Å². The lowest BCUT2D eigenvalue weighted by molar-refractivity contribution is -0.123. The van der Waals surface area contributed by atoms with Crippen molar-refractivity contribution in [2.24, 2.45) is 10.1 Å². The van der Waals surface area contributed by atoms with E-state index in [0.717, 1.165) is 12.1 Å². The van der Waals surface area contributed by atoms with Gasteiger partial charge in [-0.25, -0.2) is 19.2 Å². The Hall–Kier alpha value is -3.33. The maximum Gasteiger partial charge on any atom is 0.252 e. The van der Waals surface area contributed by atoms with Crippen molar-refractivity contribution in [2.75, 3.05) is 5.32 Å². The Balaban J connectivity index is 1.56.